The number of hydrogen-bond acceptors (Lipinski definition) is 7. The fraction of sp³-hybridized carbons (Fsp3) is 0.773. The lowest BCUT2D eigenvalue weighted by molar-refractivity contribution is -0.133. The molecule has 4 rings (SSSR count). The molecule has 1 saturated carbocycles. The van der Waals surface area contributed by atoms with E-state index in [1.165, 1.54) is 32.1 Å². The Hall–Kier alpha value is -2.11. The maximum absolute atomic E-state index is 12.8. The Morgan fingerprint density at radius 3 is 2.40 bits per heavy atom. The standard InChI is InChI=1S/C22H33N5O3/c1-17-24-20(15-23)22(29-17)27-13-11-26(12-14-27)21(28)16-25-9-7-19(8-10-25)30-18-5-3-2-4-6-18/h18-19H,2-14,16H2,1H3. The third-order valence-electron chi connectivity index (χ3n) is 6.57. The number of nitrogens with zero attached hydrogens (tertiary/aromatic N) is 5. The molecular formula is C22H33N5O3. The van der Waals surface area contributed by atoms with Crippen molar-refractivity contribution in [2.45, 2.75) is 64.1 Å². The van der Waals surface area contributed by atoms with Gasteiger partial charge < -0.3 is 19.0 Å². The summed E-state index contributed by atoms with van der Waals surface area (Å²) >= 11 is 0. The van der Waals surface area contributed by atoms with E-state index in [-0.39, 0.29) is 5.91 Å². The van der Waals surface area contributed by atoms with E-state index >= 15 is 0 Å². The number of piperidine rings is 1. The zero-order chi connectivity index (χ0) is 20.9. The number of likely N-dealkylation sites (tertiary alicyclic amines) is 1. The molecule has 30 heavy (non-hydrogen) atoms. The largest absolute Gasteiger partial charge is 0.424 e. The van der Waals surface area contributed by atoms with Crippen molar-refractivity contribution in [3.63, 3.8) is 0 Å². The van der Waals surface area contributed by atoms with Crippen LogP contribution in [0.2, 0.25) is 0 Å². The summed E-state index contributed by atoms with van der Waals surface area (Å²) in [5, 5.41) is 9.22. The fourth-order valence-corrected chi connectivity index (χ4v) is 4.83. The Morgan fingerprint density at radius 2 is 1.73 bits per heavy atom. The Labute approximate surface area is 178 Å². The summed E-state index contributed by atoms with van der Waals surface area (Å²) in [5.74, 6) is 1.22. The van der Waals surface area contributed by atoms with Crippen molar-refractivity contribution in [2.24, 2.45) is 0 Å². The van der Waals surface area contributed by atoms with Gasteiger partial charge >= 0.3 is 0 Å². The molecule has 2 aliphatic heterocycles. The molecule has 1 aliphatic carbocycles. The van der Waals surface area contributed by atoms with Gasteiger partial charge in [-0.25, -0.2) is 4.98 Å². The highest BCUT2D eigenvalue weighted by Crippen LogP contribution is 2.25. The van der Waals surface area contributed by atoms with Crippen LogP contribution in [-0.2, 0) is 9.53 Å². The van der Waals surface area contributed by atoms with Crippen molar-refractivity contribution in [3.05, 3.63) is 11.6 Å². The summed E-state index contributed by atoms with van der Waals surface area (Å²) in [4.78, 5) is 23.1. The number of aryl methyl sites for hydroxylation is 1. The molecule has 0 aromatic carbocycles. The molecule has 3 heterocycles. The maximum atomic E-state index is 12.8. The number of aromatic nitrogens is 1. The van der Waals surface area contributed by atoms with Gasteiger partial charge in [0.05, 0.1) is 18.8 Å². The van der Waals surface area contributed by atoms with E-state index in [4.69, 9.17) is 9.15 Å². The first-order chi connectivity index (χ1) is 14.6. The average Bonchev–Trinajstić information content (AvgIpc) is 3.17. The van der Waals surface area contributed by atoms with Gasteiger partial charge in [0.2, 0.25) is 17.5 Å². The van der Waals surface area contributed by atoms with Gasteiger partial charge in [-0.05, 0) is 25.7 Å². The SMILES string of the molecule is Cc1nc(C#N)c(N2CCN(C(=O)CN3CCC(OC4CCCCC4)CC3)CC2)o1. The molecule has 1 aromatic heterocycles. The van der Waals surface area contributed by atoms with Gasteiger partial charge in [0.1, 0.15) is 6.07 Å². The smallest absolute Gasteiger partial charge is 0.236 e. The second-order valence-electron chi connectivity index (χ2n) is 8.74. The van der Waals surface area contributed by atoms with E-state index in [0.29, 0.717) is 62.4 Å². The minimum absolute atomic E-state index is 0.190. The minimum atomic E-state index is 0.190. The van der Waals surface area contributed by atoms with Gasteiger partial charge in [0, 0.05) is 46.2 Å². The zero-order valence-electron chi connectivity index (χ0n) is 18.0. The third-order valence-corrected chi connectivity index (χ3v) is 6.57. The third kappa shape index (κ3) is 5.13. The monoisotopic (exact) mass is 415 g/mol. The zero-order valence-corrected chi connectivity index (χ0v) is 18.0. The summed E-state index contributed by atoms with van der Waals surface area (Å²) in [5.41, 5.74) is 0.325. The first-order valence-corrected chi connectivity index (χ1v) is 11.4. The first kappa shape index (κ1) is 21.1. The second kappa shape index (κ2) is 9.80. The molecule has 2 saturated heterocycles. The number of rotatable bonds is 5. The van der Waals surface area contributed by atoms with E-state index < -0.39 is 0 Å². The van der Waals surface area contributed by atoms with Crippen molar-refractivity contribution in [2.75, 3.05) is 50.7 Å². The highest BCUT2D eigenvalue weighted by atomic mass is 16.5. The number of ether oxygens (including phenoxy) is 1. The lowest BCUT2D eigenvalue weighted by Crippen LogP contribution is -2.52. The Kier molecular flexibility index (Phi) is 6.90. The van der Waals surface area contributed by atoms with Crippen LogP contribution in [0.25, 0.3) is 0 Å². The number of piperazine rings is 1. The van der Waals surface area contributed by atoms with Gasteiger partial charge in [-0.1, -0.05) is 19.3 Å². The molecule has 0 spiro atoms. The first-order valence-electron chi connectivity index (χ1n) is 11.4. The quantitative estimate of drug-likeness (QED) is 0.729. The van der Waals surface area contributed by atoms with Gasteiger partial charge in [-0.3, -0.25) is 9.69 Å². The molecule has 3 fully saturated rings. The summed E-state index contributed by atoms with van der Waals surface area (Å²) in [6, 6.07) is 2.09. The number of carbonyl (C=O) groups excluding carboxylic acids is 1. The van der Waals surface area contributed by atoms with E-state index in [9.17, 15) is 10.1 Å². The molecule has 1 aromatic rings. The topological polar surface area (TPSA) is 85.8 Å². The fourth-order valence-electron chi connectivity index (χ4n) is 4.83. The van der Waals surface area contributed by atoms with Crippen LogP contribution in [0.15, 0.2) is 4.42 Å². The van der Waals surface area contributed by atoms with Crippen molar-refractivity contribution in [1.82, 2.24) is 14.8 Å². The number of oxazole rings is 1. The molecule has 0 bridgehead atoms. The molecule has 8 heteroatoms. The molecule has 0 unspecified atom stereocenters. The van der Waals surface area contributed by atoms with Gasteiger partial charge in [0.25, 0.3) is 0 Å². The van der Waals surface area contributed by atoms with Crippen LogP contribution in [0.3, 0.4) is 0 Å². The number of carbonyl (C=O) groups is 1. The highest BCUT2D eigenvalue weighted by Gasteiger charge is 2.29. The summed E-state index contributed by atoms with van der Waals surface area (Å²) < 4.78 is 11.9. The average molecular weight is 416 g/mol. The number of nitriles is 1. The van der Waals surface area contributed by atoms with Crippen LogP contribution >= 0.6 is 0 Å². The maximum Gasteiger partial charge on any atom is 0.236 e. The molecule has 0 atom stereocenters. The van der Waals surface area contributed by atoms with E-state index in [1.54, 1.807) is 6.92 Å². The van der Waals surface area contributed by atoms with E-state index in [2.05, 4.69) is 16.0 Å². The van der Waals surface area contributed by atoms with Crippen molar-refractivity contribution < 1.29 is 13.9 Å². The summed E-state index contributed by atoms with van der Waals surface area (Å²) in [7, 11) is 0. The van der Waals surface area contributed by atoms with Crippen LogP contribution < -0.4 is 4.90 Å². The number of hydrogen-bond donors (Lipinski definition) is 0. The molecular weight excluding hydrogens is 382 g/mol. The van der Waals surface area contributed by atoms with Gasteiger partial charge in [0.15, 0.2) is 5.89 Å². The molecule has 8 nitrogen and oxygen atoms in total. The predicted octanol–water partition coefficient (Wildman–Crippen LogP) is 2.32. The molecule has 0 radical (unpaired) electrons. The second-order valence-corrected chi connectivity index (χ2v) is 8.74. The predicted molar refractivity (Wildman–Crippen MR) is 112 cm³/mol. The van der Waals surface area contributed by atoms with Crippen LogP contribution in [0.1, 0.15) is 56.5 Å². The van der Waals surface area contributed by atoms with Gasteiger partial charge in [-0.2, -0.15) is 5.26 Å². The van der Waals surface area contributed by atoms with Crippen LogP contribution in [0.4, 0.5) is 5.88 Å². The highest BCUT2D eigenvalue weighted by molar-refractivity contribution is 5.78. The lowest BCUT2D eigenvalue weighted by Gasteiger charge is -2.37. The van der Waals surface area contributed by atoms with E-state index in [0.717, 1.165) is 25.9 Å². The number of anilines is 1. The summed E-state index contributed by atoms with van der Waals surface area (Å²) in [6.45, 7) is 6.71. The normalized spacial score (nSPS) is 22.3. The van der Waals surface area contributed by atoms with E-state index in [1.807, 2.05) is 9.80 Å². The van der Waals surface area contributed by atoms with Crippen molar-refractivity contribution in [3.8, 4) is 6.07 Å². The van der Waals surface area contributed by atoms with Crippen molar-refractivity contribution in [1.29, 1.82) is 5.26 Å². The number of amides is 1. The lowest BCUT2D eigenvalue weighted by atomic mass is 9.97. The molecule has 0 N–H and O–H groups in total. The molecule has 164 valence electrons. The minimum Gasteiger partial charge on any atom is -0.424 e. The van der Waals surface area contributed by atoms with Crippen molar-refractivity contribution >= 4 is 11.8 Å². The van der Waals surface area contributed by atoms with Crippen LogP contribution in [0, 0.1) is 18.3 Å². The summed E-state index contributed by atoms with van der Waals surface area (Å²) in [6.07, 6.45) is 9.27. The van der Waals surface area contributed by atoms with Gasteiger partial charge in [-0.15, -0.1) is 0 Å². The van der Waals surface area contributed by atoms with Crippen LogP contribution in [-0.4, -0.2) is 78.7 Å². The molecule has 1 amide bonds. The molecule has 3 aliphatic rings. The van der Waals surface area contributed by atoms with Crippen LogP contribution in [0.5, 0.6) is 0 Å². The Morgan fingerprint density at radius 1 is 1.07 bits per heavy atom. The Balaban J connectivity index is 1.19. The Bertz CT molecular complexity index is 751.